The zero-order valence-corrected chi connectivity index (χ0v) is 16.6. The molecule has 0 aliphatic carbocycles. The monoisotopic (exact) mass is 413 g/mol. The molecule has 8 heteroatoms. The number of fused-ring (bicyclic) bond motifs is 1. The van der Waals surface area contributed by atoms with E-state index in [0.29, 0.717) is 30.1 Å². The fourth-order valence-corrected chi connectivity index (χ4v) is 3.28. The van der Waals surface area contributed by atoms with Gasteiger partial charge in [-0.2, -0.15) is 0 Å². The number of nitrogens with zero attached hydrogens (tertiary/aromatic N) is 2. The van der Waals surface area contributed by atoms with Crippen LogP contribution in [0.15, 0.2) is 53.3 Å². The average molecular weight is 413 g/mol. The lowest BCUT2D eigenvalue weighted by molar-refractivity contribution is -0.116. The van der Waals surface area contributed by atoms with E-state index in [2.05, 4.69) is 5.32 Å². The average Bonchev–Trinajstić information content (AvgIpc) is 2.72. The first kappa shape index (κ1) is 21.2. The SMILES string of the molecule is CCN(CC)C(=O)c1cc(=O)n(CC(=O)Nc2ccc(F)cc2F)c2ccccc12. The molecule has 0 fully saturated rings. The molecule has 0 unspecified atom stereocenters. The fourth-order valence-electron chi connectivity index (χ4n) is 3.28. The van der Waals surface area contributed by atoms with Crippen molar-refractivity contribution >= 4 is 28.4 Å². The van der Waals surface area contributed by atoms with Crippen LogP contribution in [-0.4, -0.2) is 34.4 Å². The van der Waals surface area contributed by atoms with E-state index in [1.54, 1.807) is 29.2 Å². The summed E-state index contributed by atoms with van der Waals surface area (Å²) < 4.78 is 28.1. The number of nitrogens with one attached hydrogen (secondary N) is 1. The van der Waals surface area contributed by atoms with Gasteiger partial charge in [-0.25, -0.2) is 8.78 Å². The van der Waals surface area contributed by atoms with E-state index in [0.717, 1.165) is 12.1 Å². The van der Waals surface area contributed by atoms with Crippen molar-refractivity contribution in [2.45, 2.75) is 20.4 Å². The molecule has 0 bridgehead atoms. The number of hydrogen-bond donors (Lipinski definition) is 1. The second kappa shape index (κ2) is 8.86. The molecule has 0 saturated carbocycles. The summed E-state index contributed by atoms with van der Waals surface area (Å²) in [6.45, 7) is 4.31. The molecule has 2 amide bonds. The molecule has 0 saturated heterocycles. The van der Waals surface area contributed by atoms with Crippen molar-refractivity contribution in [3.05, 3.63) is 76.1 Å². The van der Waals surface area contributed by atoms with Crippen LogP contribution >= 0.6 is 0 Å². The highest BCUT2D eigenvalue weighted by Crippen LogP contribution is 2.19. The van der Waals surface area contributed by atoms with Crippen molar-refractivity contribution < 1.29 is 18.4 Å². The number of anilines is 1. The molecule has 30 heavy (non-hydrogen) atoms. The number of carbonyl (C=O) groups excluding carboxylic acids is 2. The Bertz CT molecular complexity index is 1170. The minimum Gasteiger partial charge on any atom is -0.339 e. The number of rotatable bonds is 6. The first-order chi connectivity index (χ1) is 14.3. The standard InChI is InChI=1S/C22H21F2N3O3/c1-3-26(4-2)22(30)16-12-21(29)27(19-8-6-5-7-15(16)19)13-20(28)25-18-10-9-14(23)11-17(18)24/h5-12H,3-4,13H2,1-2H3,(H,25,28). The first-order valence-corrected chi connectivity index (χ1v) is 9.52. The van der Waals surface area contributed by atoms with Gasteiger partial charge in [0.05, 0.1) is 16.8 Å². The number of para-hydroxylation sites is 1. The van der Waals surface area contributed by atoms with Crippen LogP contribution in [0.2, 0.25) is 0 Å². The third-order valence-corrected chi connectivity index (χ3v) is 4.81. The number of carbonyl (C=O) groups is 2. The van der Waals surface area contributed by atoms with Crippen molar-refractivity contribution in [2.75, 3.05) is 18.4 Å². The third kappa shape index (κ3) is 4.22. The van der Waals surface area contributed by atoms with Gasteiger partial charge in [0, 0.05) is 30.6 Å². The highest BCUT2D eigenvalue weighted by Gasteiger charge is 2.19. The van der Waals surface area contributed by atoms with E-state index < -0.39 is 29.6 Å². The maximum atomic E-state index is 13.8. The van der Waals surface area contributed by atoms with Crippen LogP contribution in [-0.2, 0) is 11.3 Å². The summed E-state index contributed by atoms with van der Waals surface area (Å²) in [6, 6.07) is 10.8. The Balaban J connectivity index is 1.98. The first-order valence-electron chi connectivity index (χ1n) is 9.52. The summed E-state index contributed by atoms with van der Waals surface area (Å²) in [4.78, 5) is 39.6. The number of aromatic nitrogens is 1. The predicted octanol–water partition coefficient (Wildman–Crippen LogP) is 3.40. The van der Waals surface area contributed by atoms with Crippen molar-refractivity contribution in [3.63, 3.8) is 0 Å². The van der Waals surface area contributed by atoms with Gasteiger partial charge >= 0.3 is 0 Å². The molecule has 1 aromatic heterocycles. The van der Waals surface area contributed by atoms with E-state index in [9.17, 15) is 23.2 Å². The zero-order valence-electron chi connectivity index (χ0n) is 16.6. The number of amides is 2. The summed E-state index contributed by atoms with van der Waals surface area (Å²) in [5.74, 6) is -2.60. The molecule has 6 nitrogen and oxygen atoms in total. The van der Waals surface area contributed by atoms with E-state index in [1.807, 2.05) is 13.8 Å². The van der Waals surface area contributed by atoms with Gasteiger partial charge in [-0.1, -0.05) is 18.2 Å². The molecular formula is C22H21F2N3O3. The van der Waals surface area contributed by atoms with Crippen molar-refractivity contribution in [1.82, 2.24) is 9.47 Å². The smallest absolute Gasteiger partial charge is 0.254 e. The Morgan fingerprint density at radius 3 is 2.40 bits per heavy atom. The van der Waals surface area contributed by atoms with Crippen molar-refractivity contribution in [2.24, 2.45) is 0 Å². The highest BCUT2D eigenvalue weighted by molar-refractivity contribution is 6.06. The van der Waals surface area contributed by atoms with Crippen molar-refractivity contribution in [1.29, 1.82) is 0 Å². The van der Waals surface area contributed by atoms with Crippen LogP contribution in [0.4, 0.5) is 14.5 Å². The van der Waals surface area contributed by atoms with Crippen LogP contribution in [0.5, 0.6) is 0 Å². The molecule has 3 aromatic rings. The van der Waals surface area contributed by atoms with Gasteiger partial charge in [0.25, 0.3) is 11.5 Å². The topological polar surface area (TPSA) is 71.4 Å². The van der Waals surface area contributed by atoms with Gasteiger partial charge in [0.2, 0.25) is 5.91 Å². The maximum Gasteiger partial charge on any atom is 0.254 e. The van der Waals surface area contributed by atoms with E-state index in [1.165, 1.54) is 10.6 Å². The molecule has 1 N–H and O–H groups in total. The second-order valence-electron chi connectivity index (χ2n) is 6.65. The van der Waals surface area contributed by atoms with Gasteiger partial charge in [-0.05, 0) is 32.0 Å². The molecule has 0 aliphatic rings. The lowest BCUT2D eigenvalue weighted by Crippen LogP contribution is -2.33. The normalized spacial score (nSPS) is 10.8. The number of pyridine rings is 1. The van der Waals surface area contributed by atoms with Crippen LogP contribution in [0, 0.1) is 11.6 Å². The minimum absolute atomic E-state index is 0.188. The van der Waals surface area contributed by atoms with E-state index >= 15 is 0 Å². The summed E-state index contributed by atoms with van der Waals surface area (Å²) >= 11 is 0. The van der Waals surface area contributed by atoms with E-state index in [4.69, 9.17) is 0 Å². The van der Waals surface area contributed by atoms with Gasteiger partial charge in [0.1, 0.15) is 18.2 Å². The Morgan fingerprint density at radius 1 is 1.03 bits per heavy atom. The zero-order chi connectivity index (χ0) is 21.8. The summed E-state index contributed by atoms with van der Waals surface area (Å²) in [7, 11) is 0. The number of halogens is 2. The molecule has 0 aliphatic heterocycles. The molecule has 2 aromatic carbocycles. The molecule has 0 radical (unpaired) electrons. The second-order valence-corrected chi connectivity index (χ2v) is 6.65. The Morgan fingerprint density at radius 2 is 1.73 bits per heavy atom. The largest absolute Gasteiger partial charge is 0.339 e. The lowest BCUT2D eigenvalue weighted by Gasteiger charge is -2.20. The molecule has 156 valence electrons. The summed E-state index contributed by atoms with van der Waals surface area (Å²) in [5, 5.41) is 2.87. The molecular weight excluding hydrogens is 392 g/mol. The molecule has 1 heterocycles. The maximum absolute atomic E-state index is 13.8. The van der Waals surface area contributed by atoms with Crippen LogP contribution in [0.25, 0.3) is 10.9 Å². The van der Waals surface area contributed by atoms with E-state index in [-0.39, 0.29) is 17.2 Å². The third-order valence-electron chi connectivity index (χ3n) is 4.81. The van der Waals surface area contributed by atoms with Gasteiger partial charge < -0.3 is 10.2 Å². The fraction of sp³-hybridized carbons (Fsp3) is 0.227. The molecule has 0 atom stereocenters. The van der Waals surface area contributed by atoms with Gasteiger partial charge in [-0.15, -0.1) is 0 Å². The number of hydrogen-bond acceptors (Lipinski definition) is 3. The van der Waals surface area contributed by atoms with Crippen LogP contribution < -0.4 is 10.9 Å². The Kier molecular flexibility index (Phi) is 6.25. The molecule has 3 rings (SSSR count). The summed E-state index contributed by atoms with van der Waals surface area (Å²) in [6.07, 6.45) is 0. The van der Waals surface area contributed by atoms with Gasteiger partial charge in [0.15, 0.2) is 0 Å². The quantitative estimate of drug-likeness (QED) is 0.673. The summed E-state index contributed by atoms with van der Waals surface area (Å²) in [5.41, 5.74) is -0.0400. The Labute approximate surface area is 171 Å². The predicted molar refractivity (Wildman–Crippen MR) is 110 cm³/mol. The van der Waals surface area contributed by atoms with Crippen molar-refractivity contribution in [3.8, 4) is 0 Å². The van der Waals surface area contributed by atoms with Crippen LogP contribution in [0.3, 0.4) is 0 Å². The highest BCUT2D eigenvalue weighted by atomic mass is 19.1. The molecule has 0 spiro atoms. The minimum atomic E-state index is -0.916. The van der Waals surface area contributed by atoms with Crippen LogP contribution in [0.1, 0.15) is 24.2 Å². The number of benzene rings is 2. The Hall–Kier alpha value is -3.55. The van der Waals surface area contributed by atoms with Gasteiger partial charge in [-0.3, -0.25) is 19.0 Å². The lowest BCUT2D eigenvalue weighted by atomic mass is 10.1.